The van der Waals surface area contributed by atoms with Crippen LogP contribution in [0.15, 0.2) is 52.6 Å². The zero-order valence-electron chi connectivity index (χ0n) is 16.1. The van der Waals surface area contributed by atoms with E-state index in [0.29, 0.717) is 23.0 Å². The van der Waals surface area contributed by atoms with Gasteiger partial charge < -0.3 is 24.9 Å². The SMILES string of the molecule is N#C/C(=C/c1cc(Cl)c(OCC(=O)[O-])c(Br)c1)C(=O)NCCc1c[nH]c2ccccc12. The molecule has 1 amide bonds. The van der Waals surface area contributed by atoms with Gasteiger partial charge in [0.05, 0.1) is 15.5 Å². The van der Waals surface area contributed by atoms with Crippen molar-refractivity contribution in [3.8, 4) is 11.8 Å². The second kappa shape index (κ2) is 10.2. The van der Waals surface area contributed by atoms with Crippen LogP contribution in [0.4, 0.5) is 0 Å². The van der Waals surface area contributed by atoms with Gasteiger partial charge in [0.1, 0.15) is 18.2 Å². The first-order valence-corrected chi connectivity index (χ1v) is 10.3. The number of aromatic nitrogens is 1. The topological polar surface area (TPSA) is 118 Å². The molecule has 0 radical (unpaired) electrons. The third kappa shape index (κ3) is 5.66. The minimum Gasteiger partial charge on any atom is -0.546 e. The Morgan fingerprint density at radius 1 is 1.32 bits per heavy atom. The summed E-state index contributed by atoms with van der Waals surface area (Å²) in [4.78, 5) is 26.2. The zero-order chi connectivity index (χ0) is 22.4. The quantitative estimate of drug-likeness (QED) is 0.363. The first-order valence-electron chi connectivity index (χ1n) is 9.15. The van der Waals surface area contributed by atoms with Gasteiger partial charge in [0.2, 0.25) is 0 Å². The molecule has 1 heterocycles. The minimum atomic E-state index is -1.39. The highest BCUT2D eigenvalue weighted by Crippen LogP contribution is 2.35. The van der Waals surface area contributed by atoms with Crippen LogP contribution in [0, 0.1) is 11.3 Å². The van der Waals surface area contributed by atoms with Gasteiger partial charge in [-0.1, -0.05) is 29.8 Å². The molecule has 3 rings (SSSR count). The molecule has 0 unspecified atom stereocenters. The van der Waals surface area contributed by atoms with E-state index in [0.717, 1.165) is 16.5 Å². The molecule has 2 aromatic carbocycles. The molecule has 0 spiro atoms. The van der Waals surface area contributed by atoms with Crippen LogP contribution in [0.2, 0.25) is 5.02 Å². The van der Waals surface area contributed by atoms with Crippen LogP contribution in [0.25, 0.3) is 17.0 Å². The predicted molar refractivity (Wildman–Crippen MR) is 118 cm³/mol. The number of hydrogen-bond donors (Lipinski definition) is 2. The molecule has 0 fully saturated rings. The fraction of sp³-hybridized carbons (Fsp3) is 0.136. The average molecular weight is 502 g/mol. The third-order valence-electron chi connectivity index (χ3n) is 4.39. The molecule has 0 atom stereocenters. The van der Waals surface area contributed by atoms with E-state index in [2.05, 4.69) is 26.2 Å². The van der Waals surface area contributed by atoms with Gasteiger partial charge in [0.15, 0.2) is 5.75 Å². The van der Waals surface area contributed by atoms with E-state index >= 15 is 0 Å². The van der Waals surface area contributed by atoms with Crippen LogP contribution in [0.3, 0.4) is 0 Å². The van der Waals surface area contributed by atoms with Gasteiger partial charge >= 0.3 is 0 Å². The standard InChI is InChI=1S/C22H17BrClN3O4/c23-17-8-13(9-18(24)21(17)31-12-20(28)29)7-15(10-25)22(30)26-6-5-14-11-27-19-4-2-1-3-16(14)19/h1-4,7-9,11,27H,5-6,12H2,(H,26,30)(H,28,29)/p-1/b15-7-. The first kappa shape index (κ1) is 22.4. The lowest BCUT2D eigenvalue weighted by Gasteiger charge is -2.11. The second-order valence-corrected chi connectivity index (χ2v) is 7.77. The van der Waals surface area contributed by atoms with Crippen molar-refractivity contribution >= 4 is 56.4 Å². The van der Waals surface area contributed by atoms with Crippen molar-refractivity contribution in [2.75, 3.05) is 13.2 Å². The molecule has 3 aromatic rings. The predicted octanol–water partition coefficient (Wildman–Crippen LogP) is 2.98. The number of ether oxygens (including phenoxy) is 1. The van der Waals surface area contributed by atoms with Crippen molar-refractivity contribution in [3.63, 3.8) is 0 Å². The summed E-state index contributed by atoms with van der Waals surface area (Å²) >= 11 is 9.37. The van der Waals surface area contributed by atoms with Crippen LogP contribution in [-0.2, 0) is 16.0 Å². The summed E-state index contributed by atoms with van der Waals surface area (Å²) in [6.07, 6.45) is 3.90. The molecule has 158 valence electrons. The van der Waals surface area contributed by atoms with Crippen LogP contribution in [-0.4, -0.2) is 30.0 Å². The molecule has 0 aliphatic carbocycles. The number of carboxylic acid groups (broad SMARTS) is 1. The highest BCUT2D eigenvalue weighted by molar-refractivity contribution is 9.10. The lowest BCUT2D eigenvalue weighted by molar-refractivity contribution is -0.307. The molecule has 1 aromatic heterocycles. The summed E-state index contributed by atoms with van der Waals surface area (Å²) in [5, 5.41) is 23.9. The monoisotopic (exact) mass is 500 g/mol. The Hall–Kier alpha value is -3.28. The molecule has 2 N–H and O–H groups in total. The number of para-hydroxylation sites is 1. The number of carboxylic acids is 1. The first-order chi connectivity index (χ1) is 14.9. The maximum atomic E-state index is 12.4. The summed E-state index contributed by atoms with van der Waals surface area (Å²) in [6, 6.07) is 12.8. The second-order valence-electron chi connectivity index (χ2n) is 6.51. The highest BCUT2D eigenvalue weighted by Gasteiger charge is 2.13. The lowest BCUT2D eigenvalue weighted by Crippen LogP contribution is -2.29. The van der Waals surface area contributed by atoms with Gasteiger partial charge in [-0.25, -0.2) is 0 Å². The highest BCUT2D eigenvalue weighted by atomic mass is 79.9. The Morgan fingerprint density at radius 3 is 2.81 bits per heavy atom. The van der Waals surface area contributed by atoms with Crippen LogP contribution >= 0.6 is 27.5 Å². The number of fused-ring (bicyclic) bond motifs is 1. The fourth-order valence-corrected chi connectivity index (χ4v) is 3.98. The van der Waals surface area contributed by atoms with Gasteiger partial charge in [-0.2, -0.15) is 5.26 Å². The molecule has 7 nitrogen and oxygen atoms in total. The molecular formula is C22H16BrClN3O4-. The molecule has 0 aliphatic heterocycles. The Bertz CT molecular complexity index is 1190. The number of carbonyl (C=O) groups is 2. The number of nitrogens with one attached hydrogen (secondary N) is 2. The number of halogens is 2. The average Bonchev–Trinajstić information content (AvgIpc) is 3.14. The van der Waals surface area contributed by atoms with Gasteiger partial charge in [-0.05, 0) is 57.8 Å². The van der Waals surface area contributed by atoms with E-state index in [9.17, 15) is 20.0 Å². The van der Waals surface area contributed by atoms with E-state index in [1.54, 1.807) is 6.07 Å². The third-order valence-corrected chi connectivity index (χ3v) is 5.26. The fourth-order valence-electron chi connectivity index (χ4n) is 2.99. The summed E-state index contributed by atoms with van der Waals surface area (Å²) < 4.78 is 5.45. The number of rotatable bonds is 8. The summed E-state index contributed by atoms with van der Waals surface area (Å²) in [5.74, 6) is -1.76. The summed E-state index contributed by atoms with van der Waals surface area (Å²) in [5.41, 5.74) is 2.48. The molecule has 0 saturated heterocycles. The molecule has 0 aliphatic rings. The molecule has 9 heteroatoms. The van der Waals surface area contributed by atoms with Gasteiger partial charge in [-0.15, -0.1) is 0 Å². The van der Waals surface area contributed by atoms with E-state index in [1.807, 2.05) is 36.5 Å². The van der Waals surface area contributed by atoms with E-state index in [-0.39, 0.29) is 16.3 Å². The maximum Gasteiger partial charge on any atom is 0.261 e. The molecule has 0 bridgehead atoms. The maximum absolute atomic E-state index is 12.4. The van der Waals surface area contributed by atoms with E-state index < -0.39 is 18.5 Å². The lowest BCUT2D eigenvalue weighted by atomic mass is 10.1. The number of nitriles is 1. The number of aliphatic carboxylic acids is 1. The van der Waals surface area contributed by atoms with Crippen molar-refractivity contribution in [2.24, 2.45) is 0 Å². The smallest absolute Gasteiger partial charge is 0.261 e. The Balaban J connectivity index is 1.67. The van der Waals surface area contributed by atoms with Crippen LogP contribution < -0.4 is 15.2 Å². The van der Waals surface area contributed by atoms with Crippen LogP contribution in [0.5, 0.6) is 5.75 Å². The number of amides is 1. The minimum absolute atomic E-state index is 0.0923. The Morgan fingerprint density at radius 2 is 2.10 bits per heavy atom. The van der Waals surface area contributed by atoms with Crippen LogP contribution in [0.1, 0.15) is 11.1 Å². The Kier molecular flexibility index (Phi) is 7.34. The largest absolute Gasteiger partial charge is 0.546 e. The van der Waals surface area contributed by atoms with Crippen molar-refractivity contribution in [2.45, 2.75) is 6.42 Å². The van der Waals surface area contributed by atoms with Crippen molar-refractivity contribution < 1.29 is 19.4 Å². The number of carbonyl (C=O) groups excluding carboxylic acids is 2. The number of aromatic amines is 1. The van der Waals surface area contributed by atoms with Gasteiger partial charge in [0.25, 0.3) is 5.91 Å². The van der Waals surface area contributed by atoms with Crippen molar-refractivity contribution in [1.82, 2.24) is 10.3 Å². The molecule has 0 saturated carbocycles. The van der Waals surface area contributed by atoms with Gasteiger partial charge in [-0.3, -0.25) is 4.79 Å². The summed E-state index contributed by atoms with van der Waals surface area (Å²) in [6.45, 7) is -0.296. The zero-order valence-corrected chi connectivity index (χ0v) is 18.4. The number of benzene rings is 2. The van der Waals surface area contributed by atoms with E-state index in [1.165, 1.54) is 12.1 Å². The van der Waals surface area contributed by atoms with E-state index in [4.69, 9.17) is 16.3 Å². The number of hydrogen-bond acceptors (Lipinski definition) is 5. The number of nitrogens with zero attached hydrogens (tertiary/aromatic N) is 1. The van der Waals surface area contributed by atoms with Crippen molar-refractivity contribution in [1.29, 1.82) is 5.26 Å². The number of H-pyrrole nitrogens is 1. The summed E-state index contributed by atoms with van der Waals surface area (Å²) in [7, 11) is 0. The van der Waals surface area contributed by atoms with Crippen molar-refractivity contribution in [3.05, 3.63) is 68.8 Å². The normalized spacial score (nSPS) is 11.2. The molecular weight excluding hydrogens is 486 g/mol. The van der Waals surface area contributed by atoms with Gasteiger partial charge in [0, 0.05) is 23.6 Å². The Labute approximate surface area is 191 Å². The molecule has 31 heavy (non-hydrogen) atoms.